The van der Waals surface area contributed by atoms with E-state index in [1.165, 1.54) is 6.33 Å². The zero-order valence-corrected chi connectivity index (χ0v) is 16.6. The van der Waals surface area contributed by atoms with Gasteiger partial charge in [-0.25, -0.2) is 19.7 Å². The van der Waals surface area contributed by atoms with Gasteiger partial charge in [0.05, 0.1) is 26.8 Å². The minimum Gasteiger partial charge on any atom is -0.481 e. The molecule has 12 heteroatoms. The average Bonchev–Trinajstić information content (AvgIpc) is 3.16. The Balaban J connectivity index is 0.000000339. The number of alkyl halides is 3. The number of carbonyl (C=O) groups is 1. The summed E-state index contributed by atoms with van der Waals surface area (Å²) in [5, 5.41) is 7.12. The molecule has 0 bridgehead atoms. The highest BCUT2D eigenvalue weighted by molar-refractivity contribution is 5.73. The number of halogens is 3. The van der Waals surface area contributed by atoms with Crippen molar-refractivity contribution in [3.05, 3.63) is 36.8 Å². The summed E-state index contributed by atoms with van der Waals surface area (Å²) in [6, 6.07) is 7.54. The van der Waals surface area contributed by atoms with Gasteiger partial charge in [-0.3, -0.25) is 0 Å². The van der Waals surface area contributed by atoms with Gasteiger partial charge in [-0.15, -0.1) is 0 Å². The Morgan fingerprint density at radius 2 is 2.03 bits per heavy atom. The summed E-state index contributed by atoms with van der Waals surface area (Å²) in [6.07, 6.45) is -0.812. The Morgan fingerprint density at radius 3 is 2.65 bits per heavy atom. The van der Waals surface area contributed by atoms with Crippen LogP contribution in [0.3, 0.4) is 0 Å². The third-order valence-electron chi connectivity index (χ3n) is 4.99. The third-order valence-corrected chi connectivity index (χ3v) is 4.99. The summed E-state index contributed by atoms with van der Waals surface area (Å²) in [4.78, 5) is 23.7. The van der Waals surface area contributed by atoms with Crippen LogP contribution in [0.1, 0.15) is 6.42 Å². The number of pyridine rings is 1. The summed E-state index contributed by atoms with van der Waals surface area (Å²) in [5.41, 5.74) is -0.146. The predicted molar refractivity (Wildman–Crippen MR) is 101 cm³/mol. The third kappa shape index (κ3) is 5.51. The van der Waals surface area contributed by atoms with E-state index in [2.05, 4.69) is 19.9 Å². The second-order valence-electron chi connectivity index (χ2n) is 6.96. The zero-order valence-electron chi connectivity index (χ0n) is 16.6. The second-order valence-corrected chi connectivity index (χ2v) is 6.96. The van der Waals surface area contributed by atoms with Gasteiger partial charge < -0.3 is 24.2 Å². The smallest absolute Gasteiger partial charge is 0.481 e. The van der Waals surface area contributed by atoms with Crippen LogP contribution < -0.4 is 14.4 Å². The molecule has 1 atom stereocenters. The maximum atomic E-state index is 10.6. The molecule has 0 aliphatic carbocycles. The van der Waals surface area contributed by atoms with Crippen molar-refractivity contribution >= 4 is 11.8 Å². The molecular weight excluding hydrogens is 421 g/mol. The predicted octanol–water partition coefficient (Wildman–Crippen LogP) is 2.19. The molecule has 2 aliphatic rings. The van der Waals surface area contributed by atoms with Crippen LogP contribution in [0.2, 0.25) is 0 Å². The fourth-order valence-corrected chi connectivity index (χ4v) is 3.36. The monoisotopic (exact) mass is 442 g/mol. The van der Waals surface area contributed by atoms with Crippen LogP contribution in [-0.2, 0) is 9.53 Å². The molecule has 0 saturated carbocycles. The van der Waals surface area contributed by atoms with E-state index in [1.807, 2.05) is 24.3 Å². The maximum absolute atomic E-state index is 10.6. The lowest BCUT2D eigenvalue weighted by Gasteiger charge is -2.50. The first-order chi connectivity index (χ1) is 14.7. The van der Waals surface area contributed by atoms with Crippen LogP contribution in [0.15, 0.2) is 36.8 Å². The van der Waals surface area contributed by atoms with Gasteiger partial charge in [-0.2, -0.15) is 13.2 Å². The van der Waals surface area contributed by atoms with Gasteiger partial charge in [0.15, 0.2) is 0 Å². The standard InChI is InChI=1S/C17H20N4O3.C2HF3O2/c1-22-16-8-14(19-12-20-16)21-10-17(11-21)13(5-7-24-17)9-23-15-4-2-3-6-18-15;3-2(4,5)1(6)7/h2-4,6,8,12-13H,5,7,9-11H2,1H3;(H,6,7). The van der Waals surface area contributed by atoms with Gasteiger partial charge in [-0.1, -0.05) is 6.07 Å². The molecule has 2 fully saturated rings. The Morgan fingerprint density at radius 1 is 1.29 bits per heavy atom. The van der Waals surface area contributed by atoms with Crippen molar-refractivity contribution in [3.63, 3.8) is 0 Å². The highest BCUT2D eigenvalue weighted by atomic mass is 19.4. The SMILES string of the molecule is COc1cc(N2CC3(C2)OCCC3COc2ccccn2)ncn1.O=C(O)C(F)(F)F. The number of methoxy groups -OCH3 is 1. The minimum atomic E-state index is -5.08. The number of rotatable bonds is 5. The number of carboxylic acids is 1. The molecule has 2 saturated heterocycles. The van der Waals surface area contributed by atoms with E-state index in [9.17, 15) is 13.2 Å². The molecular formula is C19H21F3N4O5. The van der Waals surface area contributed by atoms with Gasteiger partial charge in [0.1, 0.15) is 17.7 Å². The van der Waals surface area contributed by atoms with E-state index in [0.717, 1.165) is 31.9 Å². The summed E-state index contributed by atoms with van der Waals surface area (Å²) in [5.74, 6) is -0.293. The van der Waals surface area contributed by atoms with Crippen molar-refractivity contribution in [2.24, 2.45) is 5.92 Å². The van der Waals surface area contributed by atoms with Crippen molar-refractivity contribution in [2.75, 3.05) is 38.3 Å². The van der Waals surface area contributed by atoms with Crippen molar-refractivity contribution in [1.82, 2.24) is 15.0 Å². The van der Waals surface area contributed by atoms with E-state index in [-0.39, 0.29) is 5.60 Å². The van der Waals surface area contributed by atoms with E-state index >= 15 is 0 Å². The molecule has 0 amide bonds. The van der Waals surface area contributed by atoms with Gasteiger partial charge >= 0.3 is 12.1 Å². The molecule has 4 rings (SSSR count). The number of aliphatic carboxylic acids is 1. The normalized spacial score (nSPS) is 19.2. The van der Waals surface area contributed by atoms with Crippen LogP contribution >= 0.6 is 0 Å². The first-order valence-corrected chi connectivity index (χ1v) is 9.32. The molecule has 1 unspecified atom stereocenters. The fourth-order valence-electron chi connectivity index (χ4n) is 3.36. The van der Waals surface area contributed by atoms with E-state index < -0.39 is 12.1 Å². The number of ether oxygens (including phenoxy) is 3. The van der Waals surface area contributed by atoms with Crippen LogP contribution in [0.4, 0.5) is 19.0 Å². The average molecular weight is 442 g/mol. The maximum Gasteiger partial charge on any atom is 0.490 e. The van der Waals surface area contributed by atoms with Crippen molar-refractivity contribution in [1.29, 1.82) is 0 Å². The number of hydrogen-bond donors (Lipinski definition) is 1. The molecule has 168 valence electrons. The highest BCUT2D eigenvalue weighted by Crippen LogP contribution is 2.41. The largest absolute Gasteiger partial charge is 0.490 e. The van der Waals surface area contributed by atoms with Crippen molar-refractivity contribution < 1.29 is 37.3 Å². The highest BCUT2D eigenvalue weighted by Gasteiger charge is 2.53. The van der Waals surface area contributed by atoms with Crippen LogP contribution in [-0.4, -0.2) is 71.2 Å². The van der Waals surface area contributed by atoms with E-state index in [4.69, 9.17) is 24.1 Å². The van der Waals surface area contributed by atoms with Crippen molar-refractivity contribution in [3.8, 4) is 11.8 Å². The van der Waals surface area contributed by atoms with Crippen LogP contribution in [0, 0.1) is 5.92 Å². The lowest BCUT2D eigenvalue weighted by molar-refractivity contribution is -0.192. The molecule has 1 N–H and O–H groups in total. The van der Waals surface area contributed by atoms with Gasteiger partial charge in [0.2, 0.25) is 11.8 Å². The minimum absolute atomic E-state index is 0.146. The van der Waals surface area contributed by atoms with Crippen molar-refractivity contribution in [2.45, 2.75) is 18.2 Å². The fraction of sp³-hybridized carbons (Fsp3) is 0.474. The lowest BCUT2D eigenvalue weighted by atomic mass is 9.81. The van der Waals surface area contributed by atoms with Crippen LogP contribution in [0.5, 0.6) is 11.8 Å². The number of carboxylic acid groups (broad SMARTS) is 1. The Labute approximate surface area is 175 Å². The molecule has 2 aliphatic heterocycles. The Kier molecular flexibility index (Phi) is 6.78. The summed E-state index contributed by atoms with van der Waals surface area (Å²) < 4.78 is 48.8. The number of aromatic nitrogens is 3. The number of anilines is 1. The second kappa shape index (κ2) is 9.33. The topological polar surface area (TPSA) is 107 Å². The van der Waals surface area contributed by atoms with E-state index in [0.29, 0.717) is 24.3 Å². The Hall–Kier alpha value is -3.15. The zero-order chi connectivity index (χ0) is 22.5. The van der Waals surface area contributed by atoms with Gasteiger partial charge in [0.25, 0.3) is 0 Å². The molecule has 2 aromatic rings. The van der Waals surface area contributed by atoms with Gasteiger partial charge in [0, 0.05) is 30.9 Å². The first kappa shape index (κ1) is 22.5. The quantitative estimate of drug-likeness (QED) is 0.746. The van der Waals surface area contributed by atoms with Crippen LogP contribution in [0.25, 0.3) is 0 Å². The molecule has 2 aromatic heterocycles. The number of nitrogens with zero attached hydrogens (tertiary/aromatic N) is 4. The molecule has 0 aromatic carbocycles. The first-order valence-electron chi connectivity index (χ1n) is 9.32. The number of hydrogen-bond acceptors (Lipinski definition) is 8. The summed E-state index contributed by atoms with van der Waals surface area (Å²) in [6.45, 7) is 3.02. The molecule has 31 heavy (non-hydrogen) atoms. The molecule has 4 heterocycles. The molecule has 0 radical (unpaired) electrons. The molecule has 1 spiro atoms. The lowest BCUT2D eigenvalue weighted by Crippen LogP contribution is -2.65. The molecule has 9 nitrogen and oxygen atoms in total. The summed E-state index contributed by atoms with van der Waals surface area (Å²) in [7, 11) is 1.61. The Bertz CT molecular complexity index is 878. The van der Waals surface area contributed by atoms with Gasteiger partial charge in [-0.05, 0) is 12.5 Å². The van der Waals surface area contributed by atoms with E-state index in [1.54, 1.807) is 13.3 Å². The summed E-state index contributed by atoms with van der Waals surface area (Å²) >= 11 is 0.